The minimum absolute atomic E-state index is 0.0353. The molecule has 2 unspecified atom stereocenters. The molecule has 1 fully saturated rings. The molecule has 1 saturated heterocycles. The standard InChI is InChI=1S/C14H20F2N2O/c1-9-5-6-10(15)11(12(9)16)13(18-17)14(2)7-3-4-8-19-14/h5-6,13,18H,3-4,7-8,17H2,1-2H3. The van der Waals surface area contributed by atoms with Crippen LogP contribution in [-0.2, 0) is 4.74 Å². The van der Waals surface area contributed by atoms with Gasteiger partial charge in [-0.25, -0.2) is 14.2 Å². The van der Waals surface area contributed by atoms with Crippen LogP contribution < -0.4 is 11.3 Å². The maximum Gasteiger partial charge on any atom is 0.133 e. The molecule has 0 amide bonds. The van der Waals surface area contributed by atoms with Crippen LogP contribution in [0.15, 0.2) is 12.1 Å². The Hall–Kier alpha value is -1.04. The molecule has 5 heteroatoms. The van der Waals surface area contributed by atoms with Crippen LogP contribution in [-0.4, -0.2) is 12.2 Å². The van der Waals surface area contributed by atoms with E-state index in [2.05, 4.69) is 5.43 Å². The van der Waals surface area contributed by atoms with Gasteiger partial charge in [-0.1, -0.05) is 6.07 Å². The highest BCUT2D eigenvalue weighted by atomic mass is 19.1. The van der Waals surface area contributed by atoms with Crippen molar-refractivity contribution in [1.29, 1.82) is 0 Å². The molecule has 2 atom stereocenters. The predicted octanol–water partition coefficient (Wildman–Crippen LogP) is 2.74. The average Bonchev–Trinajstić information content (AvgIpc) is 2.40. The van der Waals surface area contributed by atoms with E-state index in [9.17, 15) is 8.78 Å². The Bertz CT molecular complexity index is 459. The van der Waals surface area contributed by atoms with Crippen molar-refractivity contribution in [1.82, 2.24) is 5.43 Å². The first-order valence-electron chi connectivity index (χ1n) is 6.54. The topological polar surface area (TPSA) is 47.3 Å². The third-order valence-corrected chi connectivity index (χ3v) is 3.88. The molecule has 0 bridgehead atoms. The number of ether oxygens (including phenoxy) is 1. The normalized spacial score (nSPS) is 25.3. The number of halogens is 2. The van der Waals surface area contributed by atoms with Crippen molar-refractivity contribution in [3.8, 4) is 0 Å². The first kappa shape index (κ1) is 14.4. The van der Waals surface area contributed by atoms with Crippen molar-refractivity contribution >= 4 is 0 Å². The summed E-state index contributed by atoms with van der Waals surface area (Å²) in [6, 6.07) is 1.99. The van der Waals surface area contributed by atoms with Crippen LogP contribution in [0.1, 0.15) is 43.4 Å². The van der Waals surface area contributed by atoms with Gasteiger partial charge in [-0.05, 0) is 44.7 Å². The second-order valence-corrected chi connectivity index (χ2v) is 5.31. The van der Waals surface area contributed by atoms with Crippen LogP contribution in [0.5, 0.6) is 0 Å². The molecule has 19 heavy (non-hydrogen) atoms. The van der Waals surface area contributed by atoms with E-state index in [4.69, 9.17) is 10.6 Å². The Morgan fingerprint density at radius 2 is 2.11 bits per heavy atom. The molecule has 106 valence electrons. The predicted molar refractivity (Wildman–Crippen MR) is 69.4 cm³/mol. The summed E-state index contributed by atoms with van der Waals surface area (Å²) in [6.45, 7) is 4.04. The van der Waals surface area contributed by atoms with Gasteiger partial charge in [-0.3, -0.25) is 5.84 Å². The molecule has 1 heterocycles. The monoisotopic (exact) mass is 270 g/mol. The quantitative estimate of drug-likeness (QED) is 0.656. The summed E-state index contributed by atoms with van der Waals surface area (Å²) in [5, 5.41) is 0. The van der Waals surface area contributed by atoms with Crippen LogP contribution in [0.4, 0.5) is 8.78 Å². The Morgan fingerprint density at radius 3 is 2.68 bits per heavy atom. The van der Waals surface area contributed by atoms with Crippen LogP contribution in [0, 0.1) is 18.6 Å². The second-order valence-electron chi connectivity index (χ2n) is 5.31. The number of nitrogens with two attached hydrogens (primary N) is 1. The summed E-state index contributed by atoms with van der Waals surface area (Å²) in [6.07, 6.45) is 2.64. The SMILES string of the molecule is Cc1ccc(F)c(C(NN)C2(C)CCCCO2)c1F. The molecule has 3 nitrogen and oxygen atoms in total. The number of hydrogen-bond acceptors (Lipinski definition) is 3. The highest BCUT2D eigenvalue weighted by molar-refractivity contribution is 5.31. The maximum absolute atomic E-state index is 14.2. The Morgan fingerprint density at radius 1 is 1.37 bits per heavy atom. The lowest BCUT2D eigenvalue weighted by Gasteiger charge is -2.40. The van der Waals surface area contributed by atoms with Crippen molar-refractivity contribution in [2.45, 2.75) is 44.8 Å². The van der Waals surface area contributed by atoms with Gasteiger partial charge < -0.3 is 4.74 Å². The molecule has 0 radical (unpaired) electrons. The highest BCUT2D eigenvalue weighted by Gasteiger charge is 2.40. The molecule has 0 spiro atoms. The average molecular weight is 270 g/mol. The fourth-order valence-corrected chi connectivity index (χ4v) is 2.69. The zero-order chi connectivity index (χ0) is 14.0. The fraction of sp³-hybridized carbons (Fsp3) is 0.571. The van der Waals surface area contributed by atoms with Crippen LogP contribution in [0.25, 0.3) is 0 Å². The summed E-state index contributed by atoms with van der Waals surface area (Å²) >= 11 is 0. The maximum atomic E-state index is 14.2. The van der Waals surface area contributed by atoms with E-state index in [-0.39, 0.29) is 5.56 Å². The van der Waals surface area contributed by atoms with Crippen molar-refractivity contribution in [2.24, 2.45) is 5.84 Å². The molecule has 1 aromatic carbocycles. The lowest BCUT2D eigenvalue weighted by Crippen LogP contribution is -2.49. The molecule has 0 aromatic heterocycles. The number of benzene rings is 1. The van der Waals surface area contributed by atoms with Gasteiger partial charge in [0.15, 0.2) is 0 Å². The minimum Gasteiger partial charge on any atom is -0.373 e. The molecule has 1 aliphatic rings. The fourth-order valence-electron chi connectivity index (χ4n) is 2.69. The summed E-state index contributed by atoms with van der Waals surface area (Å²) in [7, 11) is 0. The number of nitrogens with one attached hydrogen (secondary N) is 1. The molecule has 0 saturated carbocycles. The summed E-state index contributed by atoms with van der Waals surface area (Å²) in [5.41, 5.74) is 2.20. The molecule has 1 aromatic rings. The Labute approximate surface area is 112 Å². The van der Waals surface area contributed by atoms with E-state index in [1.807, 2.05) is 6.92 Å². The second kappa shape index (κ2) is 5.53. The summed E-state index contributed by atoms with van der Waals surface area (Å²) < 4.78 is 34.0. The van der Waals surface area contributed by atoms with Gasteiger partial charge in [0.1, 0.15) is 11.6 Å². The number of hydrazine groups is 1. The molecule has 2 rings (SSSR count). The summed E-state index contributed by atoms with van der Waals surface area (Å²) in [5.74, 6) is 4.39. The van der Waals surface area contributed by atoms with Crippen molar-refractivity contribution in [3.63, 3.8) is 0 Å². The van der Waals surface area contributed by atoms with E-state index in [0.717, 1.165) is 12.8 Å². The van der Waals surface area contributed by atoms with Crippen molar-refractivity contribution in [2.75, 3.05) is 6.61 Å². The first-order valence-corrected chi connectivity index (χ1v) is 6.54. The molecule has 3 N–H and O–H groups in total. The Kier molecular flexibility index (Phi) is 4.18. The third kappa shape index (κ3) is 2.63. The van der Waals surface area contributed by atoms with Crippen LogP contribution in [0.2, 0.25) is 0 Å². The number of rotatable bonds is 3. The smallest absolute Gasteiger partial charge is 0.133 e. The van der Waals surface area contributed by atoms with E-state index in [1.165, 1.54) is 12.1 Å². The van der Waals surface area contributed by atoms with Gasteiger partial charge in [-0.15, -0.1) is 0 Å². The van der Waals surface area contributed by atoms with E-state index in [1.54, 1.807) is 6.92 Å². The zero-order valence-electron chi connectivity index (χ0n) is 11.3. The lowest BCUT2D eigenvalue weighted by molar-refractivity contribution is -0.0911. The van der Waals surface area contributed by atoms with E-state index in [0.29, 0.717) is 18.6 Å². The van der Waals surface area contributed by atoms with E-state index >= 15 is 0 Å². The van der Waals surface area contributed by atoms with Gasteiger partial charge >= 0.3 is 0 Å². The largest absolute Gasteiger partial charge is 0.373 e. The van der Waals surface area contributed by atoms with Gasteiger partial charge in [0, 0.05) is 12.2 Å². The summed E-state index contributed by atoms with van der Waals surface area (Å²) in [4.78, 5) is 0. The molecule has 1 aliphatic heterocycles. The number of hydrogen-bond donors (Lipinski definition) is 2. The van der Waals surface area contributed by atoms with Crippen molar-refractivity contribution in [3.05, 3.63) is 34.9 Å². The van der Waals surface area contributed by atoms with Gasteiger partial charge in [0.2, 0.25) is 0 Å². The lowest BCUT2D eigenvalue weighted by atomic mass is 9.83. The van der Waals surface area contributed by atoms with Crippen LogP contribution >= 0.6 is 0 Å². The van der Waals surface area contributed by atoms with E-state index < -0.39 is 23.3 Å². The molecule has 0 aliphatic carbocycles. The molecular formula is C14H20F2N2O. The zero-order valence-corrected chi connectivity index (χ0v) is 11.3. The third-order valence-electron chi connectivity index (χ3n) is 3.88. The highest BCUT2D eigenvalue weighted by Crippen LogP contribution is 2.38. The van der Waals surface area contributed by atoms with Gasteiger partial charge in [0.05, 0.1) is 11.6 Å². The van der Waals surface area contributed by atoms with Crippen LogP contribution in [0.3, 0.4) is 0 Å². The van der Waals surface area contributed by atoms with Crippen molar-refractivity contribution < 1.29 is 13.5 Å². The number of aryl methyl sites for hydroxylation is 1. The first-order chi connectivity index (χ1) is 8.99. The Balaban J connectivity index is 2.44. The van der Waals surface area contributed by atoms with Gasteiger partial charge in [0.25, 0.3) is 0 Å². The van der Waals surface area contributed by atoms with Gasteiger partial charge in [-0.2, -0.15) is 0 Å². The molecular weight excluding hydrogens is 250 g/mol. The minimum atomic E-state index is -0.701.